The van der Waals surface area contributed by atoms with Crippen LogP contribution in [0.4, 0.5) is 13.2 Å². The van der Waals surface area contributed by atoms with Gasteiger partial charge in [-0.1, -0.05) is 0 Å². The Morgan fingerprint density at radius 3 is 2.16 bits per heavy atom. The summed E-state index contributed by atoms with van der Waals surface area (Å²) in [5, 5.41) is 0.851. The van der Waals surface area contributed by atoms with Crippen LogP contribution in [-0.2, 0) is 19.5 Å². The van der Waals surface area contributed by atoms with Crippen LogP contribution >= 0.6 is 0 Å². The van der Waals surface area contributed by atoms with E-state index in [2.05, 4.69) is 21.8 Å². The average Bonchev–Trinajstić information content (AvgIpc) is 3.31. The van der Waals surface area contributed by atoms with Gasteiger partial charge in [0.25, 0.3) is 0 Å². The summed E-state index contributed by atoms with van der Waals surface area (Å²) in [6.45, 7) is 2.38. The van der Waals surface area contributed by atoms with Gasteiger partial charge in [0, 0.05) is 30.6 Å². The third-order valence-electron chi connectivity index (χ3n) is 6.44. The highest BCUT2D eigenvalue weighted by atomic mass is 19.4. The number of halogens is 3. The van der Waals surface area contributed by atoms with Gasteiger partial charge in [0.2, 0.25) is 0 Å². The zero-order valence-electron chi connectivity index (χ0n) is 20.6. The lowest BCUT2D eigenvalue weighted by atomic mass is 9.98. The first-order valence-corrected chi connectivity index (χ1v) is 11.7. The van der Waals surface area contributed by atoms with Gasteiger partial charge in [0.15, 0.2) is 22.8 Å². The van der Waals surface area contributed by atoms with Gasteiger partial charge in [-0.2, -0.15) is 0 Å². The van der Waals surface area contributed by atoms with Crippen LogP contribution in [0, 0.1) is 0 Å². The predicted molar refractivity (Wildman–Crippen MR) is 132 cm³/mol. The van der Waals surface area contributed by atoms with E-state index >= 15 is 0 Å². The first-order chi connectivity index (χ1) is 17.8. The first kappa shape index (κ1) is 24.8. The third kappa shape index (κ3) is 5.32. The zero-order chi connectivity index (χ0) is 26.2. The van der Waals surface area contributed by atoms with Gasteiger partial charge in [0.05, 0.1) is 21.3 Å². The van der Waals surface area contributed by atoms with Gasteiger partial charge < -0.3 is 23.4 Å². The lowest BCUT2D eigenvalue weighted by molar-refractivity contribution is -0.274. The number of furan rings is 1. The van der Waals surface area contributed by atoms with Gasteiger partial charge in [-0.25, -0.2) is 0 Å². The van der Waals surface area contributed by atoms with Crippen LogP contribution in [0.1, 0.15) is 16.7 Å². The molecule has 0 unspecified atom stereocenters. The Morgan fingerprint density at radius 2 is 1.51 bits per heavy atom. The molecule has 3 aromatic carbocycles. The second-order valence-electron chi connectivity index (χ2n) is 8.84. The predicted octanol–water partition coefficient (Wildman–Crippen LogP) is 6.58. The van der Waals surface area contributed by atoms with Crippen LogP contribution in [0.25, 0.3) is 22.3 Å². The fourth-order valence-electron chi connectivity index (χ4n) is 4.72. The number of methoxy groups -OCH3 is 3. The molecule has 0 atom stereocenters. The van der Waals surface area contributed by atoms with E-state index in [1.165, 1.54) is 35.4 Å². The maximum Gasteiger partial charge on any atom is 0.573 e. The van der Waals surface area contributed by atoms with E-state index in [0.29, 0.717) is 29.2 Å². The summed E-state index contributed by atoms with van der Waals surface area (Å²) < 4.78 is 63.9. The van der Waals surface area contributed by atoms with E-state index in [-0.39, 0.29) is 5.75 Å². The Balaban J connectivity index is 1.38. The van der Waals surface area contributed by atoms with Crippen molar-refractivity contribution in [2.75, 3.05) is 27.9 Å². The van der Waals surface area contributed by atoms with Crippen molar-refractivity contribution in [3.05, 3.63) is 71.3 Å². The van der Waals surface area contributed by atoms with Crippen molar-refractivity contribution in [3.8, 4) is 34.3 Å². The summed E-state index contributed by atoms with van der Waals surface area (Å²) >= 11 is 0. The number of alkyl halides is 3. The van der Waals surface area contributed by atoms with E-state index in [9.17, 15) is 13.2 Å². The molecule has 0 saturated carbocycles. The van der Waals surface area contributed by atoms with Crippen LogP contribution in [0.3, 0.4) is 0 Å². The highest BCUT2D eigenvalue weighted by Crippen LogP contribution is 2.37. The normalized spacial score (nSPS) is 13.9. The lowest BCUT2D eigenvalue weighted by Crippen LogP contribution is -2.30. The third-order valence-corrected chi connectivity index (χ3v) is 6.44. The summed E-state index contributed by atoms with van der Waals surface area (Å²) in [5.74, 6) is 2.29. The van der Waals surface area contributed by atoms with Crippen molar-refractivity contribution < 1.29 is 36.5 Å². The number of rotatable bonds is 7. The van der Waals surface area contributed by atoms with Crippen molar-refractivity contribution in [3.63, 3.8) is 0 Å². The topological polar surface area (TPSA) is 53.3 Å². The molecule has 0 radical (unpaired) electrons. The molecule has 0 saturated heterocycles. The second kappa shape index (κ2) is 9.89. The Kier molecular flexibility index (Phi) is 6.64. The summed E-state index contributed by atoms with van der Waals surface area (Å²) in [6.07, 6.45) is -3.83. The molecule has 5 rings (SSSR count). The second-order valence-corrected chi connectivity index (χ2v) is 8.84. The van der Waals surface area contributed by atoms with Gasteiger partial charge >= 0.3 is 6.36 Å². The molecule has 1 aliphatic rings. The van der Waals surface area contributed by atoms with Crippen molar-refractivity contribution in [2.24, 2.45) is 0 Å². The minimum atomic E-state index is -4.74. The standard InChI is InChI=1S/C28H26F3NO5/c1-33-24-12-19-8-9-32(16-21(19)14-25(24)34-2)15-17-10-20-13-23(36-27(20)26(11-17)35-3)18-4-6-22(7-5-18)37-28(29,30)31/h4-7,10-14H,8-9,15-16H2,1-3H3. The summed E-state index contributed by atoms with van der Waals surface area (Å²) in [5.41, 5.74) is 4.74. The molecular weight excluding hydrogens is 487 g/mol. The molecule has 0 aliphatic carbocycles. The number of benzene rings is 3. The number of ether oxygens (including phenoxy) is 4. The van der Waals surface area contributed by atoms with Crippen molar-refractivity contribution in [1.29, 1.82) is 0 Å². The van der Waals surface area contributed by atoms with Gasteiger partial charge in [0.1, 0.15) is 11.5 Å². The van der Waals surface area contributed by atoms with E-state index in [1.807, 2.05) is 18.2 Å². The van der Waals surface area contributed by atoms with Crippen molar-refractivity contribution in [2.45, 2.75) is 25.9 Å². The molecule has 0 spiro atoms. The molecule has 37 heavy (non-hydrogen) atoms. The Labute approximate surface area is 212 Å². The van der Waals surface area contributed by atoms with Crippen molar-refractivity contribution in [1.82, 2.24) is 4.90 Å². The molecule has 1 aromatic heterocycles. The molecule has 0 N–H and O–H groups in total. The van der Waals surface area contributed by atoms with Crippen LogP contribution in [0.2, 0.25) is 0 Å². The first-order valence-electron chi connectivity index (χ1n) is 11.7. The van der Waals surface area contributed by atoms with Crippen LogP contribution < -0.4 is 18.9 Å². The molecule has 0 bridgehead atoms. The molecular formula is C28H26F3NO5. The monoisotopic (exact) mass is 513 g/mol. The SMILES string of the molecule is COc1cc2c(cc1OC)CN(Cc1cc(OC)c3oc(-c4ccc(OC(F)(F)F)cc4)cc3c1)CC2. The average molecular weight is 514 g/mol. The fourth-order valence-corrected chi connectivity index (χ4v) is 4.72. The highest BCUT2D eigenvalue weighted by molar-refractivity contribution is 5.88. The Bertz CT molecular complexity index is 1410. The maximum atomic E-state index is 12.5. The molecule has 1 aliphatic heterocycles. The summed E-state index contributed by atoms with van der Waals surface area (Å²) in [7, 11) is 4.86. The quantitative estimate of drug-likeness (QED) is 0.278. The van der Waals surface area contributed by atoms with Gasteiger partial charge in [-0.3, -0.25) is 4.90 Å². The lowest BCUT2D eigenvalue weighted by Gasteiger charge is -2.29. The minimum Gasteiger partial charge on any atom is -0.493 e. The maximum absolute atomic E-state index is 12.5. The molecule has 2 heterocycles. The van der Waals surface area contributed by atoms with Crippen molar-refractivity contribution >= 4 is 11.0 Å². The molecule has 9 heteroatoms. The van der Waals surface area contributed by atoms with Crippen LogP contribution in [-0.4, -0.2) is 39.1 Å². The van der Waals surface area contributed by atoms with E-state index in [0.717, 1.165) is 42.0 Å². The van der Waals surface area contributed by atoms with E-state index in [4.69, 9.17) is 18.6 Å². The van der Waals surface area contributed by atoms with E-state index < -0.39 is 6.36 Å². The van der Waals surface area contributed by atoms with Crippen LogP contribution in [0.15, 0.2) is 59.0 Å². The smallest absolute Gasteiger partial charge is 0.493 e. The van der Waals surface area contributed by atoms with Crippen LogP contribution in [0.5, 0.6) is 23.0 Å². The summed E-state index contributed by atoms with van der Waals surface area (Å²) in [4.78, 5) is 2.36. The zero-order valence-corrected chi connectivity index (χ0v) is 20.6. The number of hydrogen-bond acceptors (Lipinski definition) is 6. The Hall–Kier alpha value is -3.85. The molecule has 6 nitrogen and oxygen atoms in total. The number of nitrogens with zero attached hydrogens (tertiary/aromatic N) is 1. The van der Waals surface area contributed by atoms with Gasteiger partial charge in [-0.05, 0) is 77.7 Å². The molecule has 194 valence electrons. The van der Waals surface area contributed by atoms with E-state index in [1.54, 1.807) is 21.3 Å². The number of hydrogen-bond donors (Lipinski definition) is 0. The Morgan fingerprint density at radius 1 is 0.838 bits per heavy atom. The minimum absolute atomic E-state index is 0.286. The largest absolute Gasteiger partial charge is 0.573 e. The molecule has 0 fully saturated rings. The fraction of sp³-hybridized carbons (Fsp3) is 0.286. The summed E-state index contributed by atoms with van der Waals surface area (Å²) in [6, 6.07) is 15.5. The highest BCUT2D eigenvalue weighted by Gasteiger charge is 2.31. The molecule has 0 amide bonds. The molecule has 4 aromatic rings. The van der Waals surface area contributed by atoms with Gasteiger partial charge in [-0.15, -0.1) is 13.2 Å². The number of fused-ring (bicyclic) bond motifs is 2.